The molecule has 1 aliphatic carbocycles. The summed E-state index contributed by atoms with van der Waals surface area (Å²) in [6.45, 7) is 5.42. The molecule has 5 nitrogen and oxygen atoms in total. The number of halogens is 4. The number of allylic oxidation sites excluding steroid dienone is 3. The third-order valence-corrected chi connectivity index (χ3v) is 5.84. The van der Waals surface area contributed by atoms with Crippen LogP contribution in [-0.4, -0.2) is 41.1 Å². The Morgan fingerprint density at radius 2 is 1.76 bits per heavy atom. The summed E-state index contributed by atoms with van der Waals surface area (Å²) in [6, 6.07) is 0. The molecular weight excluding hydrogens is 411 g/mol. The van der Waals surface area contributed by atoms with Crippen LogP contribution < -0.4 is 0 Å². The molecule has 2 heterocycles. The minimum absolute atomic E-state index is 0.0302. The average Bonchev–Trinajstić information content (AvgIpc) is 3.46. The topological polar surface area (TPSA) is 70.8 Å². The Balaban J connectivity index is 1.89. The van der Waals surface area contributed by atoms with Crippen LogP contribution in [0.25, 0.3) is 5.57 Å². The lowest BCUT2D eigenvalue weighted by atomic mass is 9.97. The number of furan rings is 1. The van der Waals surface area contributed by atoms with Gasteiger partial charge in [-0.05, 0) is 44.6 Å². The van der Waals surface area contributed by atoms with E-state index in [2.05, 4.69) is 6.58 Å². The van der Waals surface area contributed by atoms with Gasteiger partial charge in [-0.15, -0.1) is 0 Å². The van der Waals surface area contributed by atoms with Gasteiger partial charge in [-0.25, -0.2) is 0 Å². The largest absolute Gasteiger partial charge is 0.481 e. The van der Waals surface area contributed by atoms with Crippen molar-refractivity contribution < 1.29 is 32.3 Å². The van der Waals surface area contributed by atoms with E-state index < -0.39 is 35.3 Å². The molecule has 0 bridgehead atoms. The van der Waals surface area contributed by atoms with Gasteiger partial charge in [0.25, 0.3) is 5.91 Å². The van der Waals surface area contributed by atoms with Crippen molar-refractivity contribution in [1.29, 1.82) is 0 Å². The van der Waals surface area contributed by atoms with E-state index in [-0.39, 0.29) is 48.2 Å². The first kappa shape index (κ1) is 21.5. The lowest BCUT2D eigenvalue weighted by Gasteiger charge is -2.29. The van der Waals surface area contributed by atoms with Crippen LogP contribution in [0.15, 0.2) is 22.6 Å². The first-order chi connectivity index (χ1) is 13.5. The summed E-state index contributed by atoms with van der Waals surface area (Å²) < 4.78 is 46.4. The Kier molecular flexibility index (Phi) is 5.85. The van der Waals surface area contributed by atoms with E-state index in [0.717, 1.165) is 18.9 Å². The Hall–Kier alpha value is -2.22. The van der Waals surface area contributed by atoms with Crippen LogP contribution in [0.3, 0.4) is 0 Å². The molecule has 1 saturated carbocycles. The van der Waals surface area contributed by atoms with E-state index in [0.29, 0.717) is 5.57 Å². The third kappa shape index (κ3) is 4.52. The summed E-state index contributed by atoms with van der Waals surface area (Å²) in [5, 5.41) is 8.88. The summed E-state index contributed by atoms with van der Waals surface area (Å²) in [6.07, 6.45) is -1.61. The fourth-order valence-corrected chi connectivity index (χ4v) is 3.60. The molecule has 0 unspecified atom stereocenters. The third-order valence-electron chi connectivity index (χ3n) is 5.38. The van der Waals surface area contributed by atoms with Crippen molar-refractivity contribution in [2.75, 3.05) is 13.1 Å². The van der Waals surface area contributed by atoms with Crippen molar-refractivity contribution in [3.63, 3.8) is 0 Å². The van der Waals surface area contributed by atoms with Gasteiger partial charge in [0.2, 0.25) is 5.76 Å². The highest BCUT2D eigenvalue weighted by atomic mass is 35.5. The van der Waals surface area contributed by atoms with E-state index >= 15 is 0 Å². The Morgan fingerprint density at radius 1 is 1.17 bits per heavy atom. The molecule has 1 aromatic heterocycles. The lowest BCUT2D eigenvalue weighted by Crippen LogP contribution is -2.40. The number of hydrogen-bond donors (Lipinski definition) is 1. The molecule has 1 saturated heterocycles. The standard InChI is InChI=1S/C20H21ClF3NO4/c1-10(12-3-4-12)9-14(20(22,23)24)16-11(2)15(21)17(29-16)18(26)25-7-5-13(6-8-25)19(27)28/h9,12-13H,1,3-8H2,2H3,(H,27,28)/b14-9+. The van der Waals surface area contributed by atoms with Crippen LogP contribution >= 0.6 is 11.6 Å². The van der Waals surface area contributed by atoms with Gasteiger partial charge in [0.05, 0.1) is 16.5 Å². The van der Waals surface area contributed by atoms with Crippen LogP contribution in [0.2, 0.25) is 5.02 Å². The highest BCUT2D eigenvalue weighted by Gasteiger charge is 2.41. The maximum atomic E-state index is 13.7. The first-order valence-electron chi connectivity index (χ1n) is 9.29. The molecule has 2 fully saturated rings. The Bertz CT molecular complexity index is 875. The van der Waals surface area contributed by atoms with Gasteiger partial charge in [0, 0.05) is 18.7 Å². The molecule has 1 aliphatic heterocycles. The summed E-state index contributed by atoms with van der Waals surface area (Å²) in [5.41, 5.74) is -0.618. The lowest BCUT2D eigenvalue weighted by molar-refractivity contribution is -0.143. The van der Waals surface area contributed by atoms with Gasteiger partial charge in [0.1, 0.15) is 5.76 Å². The number of carboxylic acids is 1. The number of amides is 1. The summed E-state index contributed by atoms with van der Waals surface area (Å²) in [7, 11) is 0. The molecule has 0 spiro atoms. The SMILES string of the molecule is C=C(/C=C(\c1oc(C(=O)N2CCC(C(=O)O)CC2)c(Cl)c1C)C(F)(F)F)C1CC1. The fourth-order valence-electron chi connectivity index (χ4n) is 3.39. The molecule has 3 rings (SSSR count). The van der Waals surface area contributed by atoms with Gasteiger partial charge >= 0.3 is 12.1 Å². The highest BCUT2D eigenvalue weighted by molar-refractivity contribution is 6.34. The second-order valence-electron chi connectivity index (χ2n) is 7.51. The molecule has 1 aromatic rings. The van der Waals surface area contributed by atoms with Crippen LogP contribution in [0.5, 0.6) is 0 Å². The quantitative estimate of drug-likeness (QED) is 0.659. The van der Waals surface area contributed by atoms with Crippen molar-refractivity contribution >= 4 is 29.1 Å². The molecule has 9 heteroatoms. The van der Waals surface area contributed by atoms with Gasteiger partial charge in [-0.1, -0.05) is 23.8 Å². The Morgan fingerprint density at radius 3 is 2.24 bits per heavy atom. The molecule has 1 N–H and O–H groups in total. The van der Waals surface area contributed by atoms with E-state index in [9.17, 15) is 22.8 Å². The number of hydrogen-bond acceptors (Lipinski definition) is 3. The Labute approximate surface area is 170 Å². The molecule has 1 amide bonds. The van der Waals surface area contributed by atoms with Gasteiger partial charge in [-0.2, -0.15) is 13.2 Å². The molecule has 0 radical (unpaired) electrons. The van der Waals surface area contributed by atoms with E-state index in [4.69, 9.17) is 21.1 Å². The number of rotatable bonds is 5. The smallest absolute Gasteiger partial charge is 0.420 e. The average molecular weight is 432 g/mol. The molecule has 0 atom stereocenters. The minimum Gasteiger partial charge on any atom is -0.481 e. The van der Waals surface area contributed by atoms with Crippen molar-refractivity contribution in [3.05, 3.63) is 40.3 Å². The molecule has 29 heavy (non-hydrogen) atoms. The zero-order chi connectivity index (χ0) is 21.5. The van der Waals surface area contributed by atoms with Crippen molar-refractivity contribution in [2.45, 2.75) is 38.8 Å². The predicted octanol–water partition coefficient (Wildman–Crippen LogP) is 5.09. The number of likely N-dealkylation sites (tertiary alicyclic amines) is 1. The zero-order valence-electron chi connectivity index (χ0n) is 15.8. The van der Waals surface area contributed by atoms with Crippen molar-refractivity contribution in [2.24, 2.45) is 11.8 Å². The van der Waals surface area contributed by atoms with Gasteiger partial charge in [-0.3, -0.25) is 9.59 Å². The fraction of sp³-hybridized carbons (Fsp3) is 0.500. The van der Waals surface area contributed by atoms with Crippen molar-refractivity contribution in [3.8, 4) is 0 Å². The van der Waals surface area contributed by atoms with Crippen LogP contribution in [0.4, 0.5) is 13.2 Å². The normalized spacial score (nSPS) is 18.8. The molecular formula is C20H21ClF3NO4. The monoisotopic (exact) mass is 431 g/mol. The van der Waals surface area contributed by atoms with Gasteiger partial charge in [0.15, 0.2) is 0 Å². The number of carbonyl (C=O) groups excluding carboxylic acids is 1. The number of piperidine rings is 1. The second-order valence-corrected chi connectivity index (χ2v) is 7.89. The number of carbonyl (C=O) groups is 2. The molecule has 2 aliphatic rings. The zero-order valence-corrected chi connectivity index (χ0v) is 16.6. The molecule has 158 valence electrons. The second kappa shape index (κ2) is 7.89. The van der Waals surface area contributed by atoms with Crippen molar-refractivity contribution in [1.82, 2.24) is 4.90 Å². The van der Waals surface area contributed by atoms with Crippen LogP contribution in [-0.2, 0) is 4.79 Å². The minimum atomic E-state index is -4.70. The van der Waals surface area contributed by atoms with E-state index in [1.165, 1.54) is 11.8 Å². The summed E-state index contributed by atoms with van der Waals surface area (Å²) in [5.74, 6) is -2.93. The van der Waals surface area contributed by atoms with Crippen LogP contribution in [0.1, 0.15) is 47.6 Å². The van der Waals surface area contributed by atoms with E-state index in [1.807, 2.05) is 0 Å². The maximum Gasteiger partial charge on any atom is 0.420 e. The summed E-state index contributed by atoms with van der Waals surface area (Å²) in [4.78, 5) is 25.2. The first-order valence-corrected chi connectivity index (χ1v) is 9.67. The predicted molar refractivity (Wildman–Crippen MR) is 101 cm³/mol. The van der Waals surface area contributed by atoms with E-state index in [1.54, 1.807) is 0 Å². The maximum absolute atomic E-state index is 13.7. The van der Waals surface area contributed by atoms with Gasteiger partial charge < -0.3 is 14.4 Å². The van der Waals surface area contributed by atoms with Crippen LogP contribution in [0, 0.1) is 18.8 Å². The highest BCUT2D eigenvalue weighted by Crippen LogP contribution is 2.44. The number of nitrogens with zero attached hydrogens (tertiary/aromatic N) is 1. The number of aliphatic carboxylic acids is 1. The number of carboxylic acid groups (broad SMARTS) is 1. The summed E-state index contributed by atoms with van der Waals surface area (Å²) >= 11 is 6.16. The molecule has 0 aromatic carbocycles. The number of alkyl halides is 3.